The molecule has 1 heterocycles. The Hall–Kier alpha value is -3.15. The van der Waals surface area contributed by atoms with Gasteiger partial charge < -0.3 is 10.6 Å². The second-order valence-corrected chi connectivity index (χ2v) is 6.57. The average Bonchev–Trinajstić information content (AvgIpc) is 3.17. The molecular weight excluding hydrogens is 336 g/mol. The van der Waals surface area contributed by atoms with Gasteiger partial charge in [0.25, 0.3) is 0 Å². The van der Waals surface area contributed by atoms with Crippen molar-refractivity contribution >= 4 is 5.96 Å². The number of aryl methyl sites for hydroxylation is 1. The van der Waals surface area contributed by atoms with E-state index in [0.29, 0.717) is 12.5 Å². The fourth-order valence-corrected chi connectivity index (χ4v) is 2.91. The van der Waals surface area contributed by atoms with Crippen molar-refractivity contribution in [3.05, 3.63) is 77.9 Å². The van der Waals surface area contributed by atoms with Crippen LogP contribution in [0.1, 0.15) is 29.8 Å². The molecule has 1 atom stereocenters. The number of nitrogens with zero attached hydrogens (tertiary/aromatic N) is 4. The van der Waals surface area contributed by atoms with Gasteiger partial charge >= 0.3 is 0 Å². The summed E-state index contributed by atoms with van der Waals surface area (Å²) < 4.78 is 1.97. The Bertz CT molecular complexity index is 884. The van der Waals surface area contributed by atoms with Crippen LogP contribution in [-0.2, 0) is 6.54 Å². The van der Waals surface area contributed by atoms with Crippen LogP contribution in [0.4, 0.5) is 0 Å². The third kappa shape index (κ3) is 4.94. The summed E-state index contributed by atoms with van der Waals surface area (Å²) in [6.07, 6.45) is 1.72. The molecule has 0 aliphatic carbocycles. The van der Waals surface area contributed by atoms with Crippen LogP contribution in [0.2, 0.25) is 0 Å². The van der Waals surface area contributed by atoms with Crippen molar-refractivity contribution in [1.82, 2.24) is 25.4 Å². The molecule has 3 rings (SSSR count). The normalized spacial score (nSPS) is 12.6. The van der Waals surface area contributed by atoms with E-state index >= 15 is 0 Å². The molecule has 0 aliphatic heterocycles. The van der Waals surface area contributed by atoms with Crippen LogP contribution in [0.15, 0.2) is 65.9 Å². The molecule has 0 saturated heterocycles. The first-order valence-electron chi connectivity index (χ1n) is 9.13. The first-order chi connectivity index (χ1) is 13.2. The van der Waals surface area contributed by atoms with Crippen molar-refractivity contribution in [2.45, 2.75) is 26.3 Å². The lowest BCUT2D eigenvalue weighted by Gasteiger charge is -2.17. The Morgan fingerprint density at radius 2 is 1.93 bits per heavy atom. The van der Waals surface area contributed by atoms with Crippen LogP contribution in [0.5, 0.6) is 0 Å². The zero-order valence-electron chi connectivity index (χ0n) is 16.1. The smallest absolute Gasteiger partial charge is 0.191 e. The van der Waals surface area contributed by atoms with E-state index in [1.807, 2.05) is 34.9 Å². The molecule has 0 bridgehead atoms. The topological polar surface area (TPSA) is 67.1 Å². The van der Waals surface area contributed by atoms with E-state index in [0.717, 1.165) is 24.0 Å². The van der Waals surface area contributed by atoms with E-state index < -0.39 is 0 Å². The minimum Gasteiger partial charge on any atom is -0.356 e. The number of rotatable bonds is 6. The predicted molar refractivity (Wildman–Crippen MR) is 109 cm³/mol. The lowest BCUT2D eigenvalue weighted by atomic mass is 9.99. The summed E-state index contributed by atoms with van der Waals surface area (Å²) in [5.41, 5.74) is 3.64. The highest BCUT2D eigenvalue weighted by atomic mass is 15.3. The maximum Gasteiger partial charge on any atom is 0.191 e. The van der Waals surface area contributed by atoms with E-state index in [1.165, 1.54) is 11.1 Å². The molecule has 0 spiro atoms. The molecule has 1 unspecified atom stereocenters. The van der Waals surface area contributed by atoms with Gasteiger partial charge in [-0.2, -0.15) is 0 Å². The zero-order valence-corrected chi connectivity index (χ0v) is 16.1. The van der Waals surface area contributed by atoms with Crippen molar-refractivity contribution in [3.8, 4) is 5.69 Å². The molecule has 27 heavy (non-hydrogen) atoms. The van der Waals surface area contributed by atoms with Crippen molar-refractivity contribution < 1.29 is 0 Å². The van der Waals surface area contributed by atoms with Crippen LogP contribution in [0, 0.1) is 6.92 Å². The molecule has 2 N–H and O–H groups in total. The number of para-hydroxylation sites is 1. The number of guanidine groups is 1. The first-order valence-corrected chi connectivity index (χ1v) is 9.13. The van der Waals surface area contributed by atoms with E-state index in [2.05, 4.69) is 63.9 Å². The second-order valence-electron chi connectivity index (χ2n) is 6.57. The number of hydrogen-bond donors (Lipinski definition) is 2. The van der Waals surface area contributed by atoms with Gasteiger partial charge in [-0.3, -0.25) is 9.56 Å². The molecule has 0 radical (unpaired) electrons. The third-order valence-electron chi connectivity index (χ3n) is 4.48. The van der Waals surface area contributed by atoms with Gasteiger partial charge in [0, 0.05) is 19.3 Å². The first kappa shape index (κ1) is 18.6. The molecule has 1 aromatic heterocycles. The summed E-state index contributed by atoms with van der Waals surface area (Å²) in [6.45, 7) is 5.66. The highest BCUT2D eigenvalue weighted by molar-refractivity contribution is 5.79. The fourth-order valence-electron chi connectivity index (χ4n) is 2.91. The monoisotopic (exact) mass is 362 g/mol. The van der Waals surface area contributed by atoms with Crippen LogP contribution in [0.25, 0.3) is 5.69 Å². The number of nitrogens with one attached hydrogen (secondary N) is 2. The lowest BCUT2D eigenvalue weighted by molar-refractivity contribution is 0.690. The van der Waals surface area contributed by atoms with Crippen LogP contribution in [-0.4, -0.2) is 34.3 Å². The molecule has 0 saturated carbocycles. The molecule has 3 aromatic rings. The summed E-state index contributed by atoms with van der Waals surface area (Å²) in [4.78, 5) is 4.31. The maximum atomic E-state index is 4.31. The minimum atomic E-state index is 0.386. The van der Waals surface area contributed by atoms with Gasteiger partial charge in [0.1, 0.15) is 6.33 Å². The van der Waals surface area contributed by atoms with Gasteiger partial charge in [0.05, 0.1) is 6.54 Å². The van der Waals surface area contributed by atoms with Crippen molar-refractivity contribution in [2.75, 3.05) is 13.6 Å². The van der Waals surface area contributed by atoms with Gasteiger partial charge in [0.15, 0.2) is 11.8 Å². The Kier molecular flexibility index (Phi) is 6.20. The number of aliphatic imine (C=N–C) groups is 1. The summed E-state index contributed by atoms with van der Waals surface area (Å²) in [7, 11) is 1.77. The van der Waals surface area contributed by atoms with Gasteiger partial charge in [0.2, 0.25) is 0 Å². The molecular formula is C21H26N6. The molecule has 0 aliphatic rings. The van der Waals surface area contributed by atoms with Crippen LogP contribution >= 0.6 is 0 Å². The van der Waals surface area contributed by atoms with Crippen molar-refractivity contribution in [1.29, 1.82) is 0 Å². The van der Waals surface area contributed by atoms with Crippen molar-refractivity contribution in [2.24, 2.45) is 4.99 Å². The number of aromatic nitrogens is 3. The highest BCUT2D eigenvalue weighted by Gasteiger charge is 2.09. The average molecular weight is 362 g/mol. The van der Waals surface area contributed by atoms with Crippen LogP contribution in [0.3, 0.4) is 0 Å². The summed E-state index contributed by atoms with van der Waals surface area (Å²) in [5, 5.41) is 15.0. The van der Waals surface area contributed by atoms with E-state index in [1.54, 1.807) is 13.4 Å². The molecule has 6 nitrogen and oxygen atoms in total. The van der Waals surface area contributed by atoms with Crippen molar-refractivity contribution in [3.63, 3.8) is 0 Å². The summed E-state index contributed by atoms with van der Waals surface area (Å²) in [6, 6.07) is 18.7. The SMILES string of the molecule is CN=C(NCc1nncn1-c1ccccc1)NCC(C)c1cccc(C)c1. The van der Waals surface area contributed by atoms with Gasteiger partial charge in [-0.1, -0.05) is 55.0 Å². The lowest BCUT2D eigenvalue weighted by Crippen LogP contribution is -2.39. The molecule has 0 amide bonds. The zero-order chi connectivity index (χ0) is 19.1. The van der Waals surface area contributed by atoms with Gasteiger partial charge in [-0.25, -0.2) is 0 Å². The second kappa shape index (κ2) is 8.98. The molecule has 140 valence electrons. The number of benzene rings is 2. The molecule has 2 aromatic carbocycles. The largest absolute Gasteiger partial charge is 0.356 e. The maximum absolute atomic E-state index is 4.31. The standard InChI is InChI=1S/C21H26N6/c1-16-8-7-9-18(12-16)17(2)13-23-21(22-3)24-14-20-26-25-15-27(20)19-10-5-4-6-11-19/h4-12,15,17H,13-14H2,1-3H3,(H2,22,23,24). The predicted octanol–water partition coefficient (Wildman–Crippen LogP) is 3.04. The van der Waals surface area contributed by atoms with E-state index in [-0.39, 0.29) is 0 Å². The Balaban J connectivity index is 1.57. The quantitative estimate of drug-likeness (QED) is 0.522. The third-order valence-corrected chi connectivity index (χ3v) is 4.48. The van der Waals surface area contributed by atoms with E-state index in [9.17, 15) is 0 Å². The Labute approximate surface area is 160 Å². The number of hydrogen-bond acceptors (Lipinski definition) is 3. The van der Waals surface area contributed by atoms with E-state index in [4.69, 9.17) is 0 Å². The highest BCUT2D eigenvalue weighted by Crippen LogP contribution is 2.15. The van der Waals surface area contributed by atoms with Gasteiger partial charge in [-0.05, 0) is 30.5 Å². The Morgan fingerprint density at radius 3 is 2.67 bits per heavy atom. The Morgan fingerprint density at radius 1 is 1.11 bits per heavy atom. The minimum absolute atomic E-state index is 0.386. The summed E-state index contributed by atoms with van der Waals surface area (Å²) in [5.74, 6) is 1.96. The molecule has 0 fully saturated rings. The van der Waals surface area contributed by atoms with Gasteiger partial charge in [-0.15, -0.1) is 10.2 Å². The fraction of sp³-hybridized carbons (Fsp3) is 0.286. The van der Waals surface area contributed by atoms with Crippen LogP contribution < -0.4 is 10.6 Å². The summed E-state index contributed by atoms with van der Waals surface area (Å²) >= 11 is 0. The molecule has 6 heteroatoms.